The molecule has 1 fully saturated rings. The summed E-state index contributed by atoms with van der Waals surface area (Å²) in [5, 5.41) is 3.81. The Morgan fingerprint density at radius 1 is 1.39 bits per heavy atom. The Labute approximate surface area is 133 Å². The van der Waals surface area contributed by atoms with E-state index in [9.17, 15) is 9.18 Å². The van der Waals surface area contributed by atoms with Crippen molar-refractivity contribution in [2.45, 2.75) is 19.4 Å². The molecule has 2 aromatic rings. The highest BCUT2D eigenvalue weighted by molar-refractivity contribution is 5.79. The zero-order chi connectivity index (χ0) is 16.4. The van der Waals surface area contributed by atoms with Crippen molar-refractivity contribution in [2.24, 2.45) is 0 Å². The van der Waals surface area contributed by atoms with E-state index in [1.807, 2.05) is 7.05 Å². The van der Waals surface area contributed by atoms with Gasteiger partial charge in [0.2, 0.25) is 11.8 Å². The second-order valence-electron chi connectivity index (χ2n) is 5.78. The molecule has 1 amide bonds. The lowest BCUT2D eigenvalue weighted by molar-refractivity contribution is -0.133. The van der Waals surface area contributed by atoms with E-state index in [-0.39, 0.29) is 24.2 Å². The van der Waals surface area contributed by atoms with Gasteiger partial charge in [-0.15, -0.1) is 0 Å². The molecule has 122 valence electrons. The molecule has 2 heterocycles. The van der Waals surface area contributed by atoms with Crippen molar-refractivity contribution >= 4 is 5.91 Å². The minimum absolute atomic E-state index is 0.0615. The predicted octanol–water partition coefficient (Wildman–Crippen LogP) is 1.57. The molecule has 0 spiro atoms. The Balaban J connectivity index is 1.71. The second kappa shape index (κ2) is 6.45. The van der Waals surface area contributed by atoms with E-state index in [1.54, 1.807) is 30.0 Å². The molecule has 3 rings (SSSR count). The summed E-state index contributed by atoms with van der Waals surface area (Å²) in [5.41, 5.74) is 0.418. The number of carbonyl (C=O) groups excluding carboxylic acids is 1. The van der Waals surface area contributed by atoms with Crippen molar-refractivity contribution in [3.8, 4) is 0 Å². The standard InChI is InChI=1S/C16H19FN4O2/c1-11-18-16(23-19-11)14-10-21(8-7-20(14)2)15(22)9-12-5-3-4-6-13(12)17/h3-6,14H,7-10H2,1-2H3. The fourth-order valence-corrected chi connectivity index (χ4v) is 2.73. The van der Waals surface area contributed by atoms with Gasteiger partial charge in [0.25, 0.3) is 0 Å². The summed E-state index contributed by atoms with van der Waals surface area (Å²) in [6.45, 7) is 3.53. The van der Waals surface area contributed by atoms with Crippen molar-refractivity contribution in [1.82, 2.24) is 19.9 Å². The number of aryl methyl sites for hydroxylation is 1. The van der Waals surface area contributed by atoms with Crippen LogP contribution in [0.15, 0.2) is 28.8 Å². The van der Waals surface area contributed by atoms with Gasteiger partial charge in [0.05, 0.1) is 6.42 Å². The van der Waals surface area contributed by atoms with E-state index in [4.69, 9.17) is 4.52 Å². The lowest BCUT2D eigenvalue weighted by Gasteiger charge is -2.37. The van der Waals surface area contributed by atoms with Crippen molar-refractivity contribution < 1.29 is 13.7 Å². The van der Waals surface area contributed by atoms with Gasteiger partial charge in [-0.3, -0.25) is 9.69 Å². The van der Waals surface area contributed by atoms with Crippen molar-refractivity contribution in [3.63, 3.8) is 0 Å². The molecule has 0 N–H and O–H groups in total. The molecule has 6 nitrogen and oxygen atoms in total. The van der Waals surface area contributed by atoms with Gasteiger partial charge in [0.15, 0.2) is 5.82 Å². The summed E-state index contributed by atoms with van der Waals surface area (Å²) in [4.78, 5) is 20.6. The maximum Gasteiger partial charge on any atom is 0.245 e. The molecule has 0 radical (unpaired) electrons. The molecule has 0 bridgehead atoms. The van der Waals surface area contributed by atoms with Crippen LogP contribution in [0.2, 0.25) is 0 Å². The van der Waals surface area contributed by atoms with Gasteiger partial charge in [-0.1, -0.05) is 23.4 Å². The Morgan fingerprint density at radius 3 is 2.87 bits per heavy atom. The number of nitrogens with zero attached hydrogens (tertiary/aromatic N) is 4. The quantitative estimate of drug-likeness (QED) is 0.860. The number of carbonyl (C=O) groups is 1. The smallest absolute Gasteiger partial charge is 0.245 e. The molecule has 1 aliphatic heterocycles. The van der Waals surface area contributed by atoms with Gasteiger partial charge in [-0.05, 0) is 25.6 Å². The van der Waals surface area contributed by atoms with E-state index < -0.39 is 0 Å². The van der Waals surface area contributed by atoms with Crippen molar-refractivity contribution in [1.29, 1.82) is 0 Å². The fraction of sp³-hybridized carbons (Fsp3) is 0.438. The van der Waals surface area contributed by atoms with Gasteiger partial charge in [-0.2, -0.15) is 4.98 Å². The molecule has 23 heavy (non-hydrogen) atoms. The van der Waals surface area contributed by atoms with Crippen LogP contribution in [-0.4, -0.2) is 52.5 Å². The molecular formula is C16H19FN4O2. The molecule has 1 saturated heterocycles. The average molecular weight is 318 g/mol. The van der Waals surface area contributed by atoms with Crippen LogP contribution < -0.4 is 0 Å². The summed E-state index contributed by atoms with van der Waals surface area (Å²) < 4.78 is 19.0. The van der Waals surface area contributed by atoms with Gasteiger partial charge in [-0.25, -0.2) is 4.39 Å². The van der Waals surface area contributed by atoms with Crippen LogP contribution in [0.4, 0.5) is 4.39 Å². The van der Waals surface area contributed by atoms with Crippen LogP contribution in [0.25, 0.3) is 0 Å². The topological polar surface area (TPSA) is 62.5 Å². The largest absolute Gasteiger partial charge is 0.339 e. The summed E-state index contributed by atoms with van der Waals surface area (Å²) in [7, 11) is 1.96. The molecule has 1 atom stereocenters. The number of halogens is 1. The summed E-state index contributed by atoms with van der Waals surface area (Å²) >= 11 is 0. The Kier molecular flexibility index (Phi) is 4.38. The van der Waals surface area contributed by atoms with E-state index in [1.165, 1.54) is 6.07 Å². The van der Waals surface area contributed by atoms with E-state index in [2.05, 4.69) is 15.0 Å². The lowest BCUT2D eigenvalue weighted by atomic mass is 10.1. The SMILES string of the molecule is Cc1noc(C2CN(C(=O)Cc3ccccc3F)CCN2C)n1. The van der Waals surface area contributed by atoms with Crippen molar-refractivity contribution in [3.05, 3.63) is 47.4 Å². The molecule has 7 heteroatoms. The number of amides is 1. The number of rotatable bonds is 3. The Morgan fingerprint density at radius 2 is 2.17 bits per heavy atom. The monoisotopic (exact) mass is 318 g/mol. The van der Waals surface area contributed by atoms with Gasteiger partial charge >= 0.3 is 0 Å². The minimum Gasteiger partial charge on any atom is -0.339 e. The second-order valence-corrected chi connectivity index (χ2v) is 5.78. The van der Waals surface area contributed by atoms with E-state index >= 15 is 0 Å². The molecule has 1 aromatic carbocycles. The van der Waals surface area contributed by atoms with Crippen LogP contribution in [-0.2, 0) is 11.2 Å². The normalized spacial score (nSPS) is 19.1. The Hall–Kier alpha value is -2.28. The zero-order valence-electron chi connectivity index (χ0n) is 13.2. The van der Waals surface area contributed by atoms with Gasteiger partial charge in [0, 0.05) is 19.6 Å². The highest BCUT2D eigenvalue weighted by Gasteiger charge is 2.32. The first-order valence-electron chi connectivity index (χ1n) is 7.56. The van der Waals surface area contributed by atoms with Crippen LogP contribution >= 0.6 is 0 Å². The third-order valence-electron chi connectivity index (χ3n) is 4.13. The van der Waals surface area contributed by atoms with Crippen LogP contribution in [0.5, 0.6) is 0 Å². The molecule has 1 aliphatic rings. The third-order valence-corrected chi connectivity index (χ3v) is 4.13. The fourth-order valence-electron chi connectivity index (χ4n) is 2.73. The first kappa shape index (κ1) is 15.6. The average Bonchev–Trinajstić information content (AvgIpc) is 2.96. The predicted molar refractivity (Wildman–Crippen MR) is 81.1 cm³/mol. The highest BCUT2D eigenvalue weighted by atomic mass is 19.1. The minimum atomic E-state index is -0.348. The zero-order valence-corrected chi connectivity index (χ0v) is 13.2. The highest BCUT2D eigenvalue weighted by Crippen LogP contribution is 2.23. The maximum absolute atomic E-state index is 13.7. The first-order chi connectivity index (χ1) is 11.0. The van der Waals surface area contributed by atoms with Crippen LogP contribution in [0.1, 0.15) is 23.3 Å². The number of benzene rings is 1. The number of aromatic nitrogens is 2. The van der Waals surface area contributed by atoms with E-state index in [0.29, 0.717) is 36.9 Å². The molecular weight excluding hydrogens is 299 g/mol. The summed E-state index contributed by atoms with van der Waals surface area (Å²) in [6.07, 6.45) is 0.0615. The summed E-state index contributed by atoms with van der Waals surface area (Å²) in [5.74, 6) is 0.639. The number of hydrogen-bond acceptors (Lipinski definition) is 5. The number of likely N-dealkylation sites (N-methyl/N-ethyl adjacent to an activating group) is 1. The number of hydrogen-bond donors (Lipinski definition) is 0. The molecule has 1 unspecified atom stereocenters. The van der Waals surface area contributed by atoms with E-state index in [0.717, 1.165) is 0 Å². The lowest BCUT2D eigenvalue weighted by Crippen LogP contribution is -2.49. The molecule has 1 aromatic heterocycles. The van der Waals surface area contributed by atoms with Crippen LogP contribution in [0, 0.1) is 12.7 Å². The first-order valence-corrected chi connectivity index (χ1v) is 7.56. The molecule has 0 aliphatic carbocycles. The number of piperazine rings is 1. The van der Waals surface area contributed by atoms with Crippen molar-refractivity contribution in [2.75, 3.05) is 26.7 Å². The third kappa shape index (κ3) is 3.39. The molecule has 0 saturated carbocycles. The Bertz CT molecular complexity index is 703. The van der Waals surface area contributed by atoms with Gasteiger partial charge in [0.1, 0.15) is 11.9 Å². The van der Waals surface area contributed by atoms with Gasteiger partial charge < -0.3 is 9.42 Å². The van der Waals surface area contributed by atoms with Crippen LogP contribution in [0.3, 0.4) is 0 Å². The maximum atomic E-state index is 13.7. The summed E-state index contributed by atoms with van der Waals surface area (Å²) in [6, 6.07) is 6.24.